The Morgan fingerprint density at radius 2 is 2.43 bits per heavy atom. The highest BCUT2D eigenvalue weighted by Crippen LogP contribution is 2.31. The second-order valence-electron chi connectivity index (χ2n) is 4.55. The van der Waals surface area contributed by atoms with Crippen molar-refractivity contribution in [3.63, 3.8) is 0 Å². The van der Waals surface area contributed by atoms with Crippen molar-refractivity contribution in [2.75, 3.05) is 31.2 Å². The second-order valence-corrected chi connectivity index (χ2v) is 5.34. The average molecular weight is 356 g/mol. The molecule has 1 fully saturated rings. The topological polar surface area (TPSA) is 65.4 Å². The third-order valence-corrected chi connectivity index (χ3v) is 4.05. The molecule has 1 atom stereocenters. The van der Waals surface area contributed by atoms with Gasteiger partial charge in [-0.15, -0.1) is 0 Å². The van der Waals surface area contributed by atoms with Crippen molar-refractivity contribution in [1.82, 2.24) is 5.32 Å². The van der Waals surface area contributed by atoms with E-state index in [1.807, 2.05) is 13.0 Å². The third-order valence-electron chi connectivity index (χ3n) is 3.27. The molecule has 1 amide bonds. The molecule has 1 aliphatic heterocycles. The van der Waals surface area contributed by atoms with Crippen LogP contribution in [0, 0.1) is 17.1 Å². The van der Waals surface area contributed by atoms with Gasteiger partial charge in [-0.1, -0.05) is 0 Å². The number of nitrogens with zero attached hydrogens (tertiary/aromatic N) is 2. The zero-order valence-corrected chi connectivity index (χ0v) is 13.1. The van der Waals surface area contributed by atoms with Gasteiger partial charge < -0.3 is 15.0 Å². The second kappa shape index (κ2) is 6.87. The Hall–Kier alpha value is -1.65. The Bertz CT molecular complexity index is 588. The minimum Gasteiger partial charge on any atom is -0.377 e. The summed E-state index contributed by atoms with van der Waals surface area (Å²) in [5.41, 5.74) is 0.513. The molecule has 2 rings (SSSR count). The minimum atomic E-state index is -0.576. The summed E-state index contributed by atoms with van der Waals surface area (Å²) in [6.07, 6.45) is 0. The number of hydrogen-bond acceptors (Lipinski definition) is 4. The van der Waals surface area contributed by atoms with Gasteiger partial charge in [0.25, 0.3) is 0 Å². The molecule has 0 aliphatic carbocycles. The van der Waals surface area contributed by atoms with E-state index >= 15 is 0 Å². The molecule has 1 saturated heterocycles. The van der Waals surface area contributed by atoms with Crippen molar-refractivity contribution in [3.05, 3.63) is 28.0 Å². The molecule has 1 aliphatic rings. The van der Waals surface area contributed by atoms with E-state index in [0.717, 1.165) is 0 Å². The van der Waals surface area contributed by atoms with Gasteiger partial charge in [-0.25, -0.2) is 4.39 Å². The number of amides is 1. The maximum absolute atomic E-state index is 14.4. The normalized spacial score (nSPS) is 18.2. The standard InChI is InChI=1S/C14H15BrFN3O2/c1-2-18-14(20)11-8-21-6-5-19(11)10-4-3-9(7-17)12(15)13(10)16/h3-4,11H,2,5-6,8H2,1H3,(H,18,20). The van der Waals surface area contributed by atoms with Gasteiger partial charge in [-0.05, 0) is 35.0 Å². The molecule has 112 valence electrons. The molecule has 1 N–H and O–H groups in total. The van der Waals surface area contributed by atoms with Crippen LogP contribution in [-0.4, -0.2) is 38.3 Å². The van der Waals surface area contributed by atoms with E-state index in [-0.39, 0.29) is 22.6 Å². The number of halogens is 2. The molecule has 0 saturated carbocycles. The lowest BCUT2D eigenvalue weighted by atomic mass is 10.1. The van der Waals surface area contributed by atoms with Gasteiger partial charge in [-0.3, -0.25) is 4.79 Å². The summed E-state index contributed by atoms with van der Waals surface area (Å²) < 4.78 is 19.9. The number of carbonyl (C=O) groups excluding carboxylic acids is 1. The number of likely N-dealkylation sites (N-methyl/N-ethyl adjacent to an activating group) is 1. The lowest BCUT2D eigenvalue weighted by Gasteiger charge is -2.36. The number of rotatable bonds is 3. The van der Waals surface area contributed by atoms with Gasteiger partial charge in [0.2, 0.25) is 5.91 Å². The van der Waals surface area contributed by atoms with Gasteiger partial charge >= 0.3 is 0 Å². The van der Waals surface area contributed by atoms with Crippen molar-refractivity contribution in [2.24, 2.45) is 0 Å². The van der Waals surface area contributed by atoms with Gasteiger partial charge in [0.1, 0.15) is 12.1 Å². The first-order chi connectivity index (χ1) is 10.1. The van der Waals surface area contributed by atoms with E-state index in [4.69, 9.17) is 10.00 Å². The van der Waals surface area contributed by atoms with E-state index < -0.39 is 11.9 Å². The van der Waals surface area contributed by atoms with Gasteiger partial charge in [0.05, 0.1) is 28.9 Å². The number of nitriles is 1. The summed E-state index contributed by atoms with van der Waals surface area (Å²) in [5.74, 6) is -0.734. The van der Waals surface area contributed by atoms with Gasteiger partial charge in [0.15, 0.2) is 5.82 Å². The molecule has 1 unspecified atom stereocenters. The van der Waals surface area contributed by atoms with Crippen LogP contribution in [0.25, 0.3) is 0 Å². The lowest BCUT2D eigenvalue weighted by Crippen LogP contribution is -2.54. The molecule has 5 nitrogen and oxygen atoms in total. The van der Waals surface area contributed by atoms with Crippen molar-refractivity contribution in [3.8, 4) is 6.07 Å². The fourth-order valence-electron chi connectivity index (χ4n) is 2.25. The van der Waals surface area contributed by atoms with Crippen LogP contribution >= 0.6 is 15.9 Å². The first kappa shape index (κ1) is 15.7. The third kappa shape index (κ3) is 3.17. The number of benzene rings is 1. The van der Waals surface area contributed by atoms with Gasteiger partial charge in [0, 0.05) is 13.1 Å². The average Bonchev–Trinajstić information content (AvgIpc) is 2.50. The van der Waals surface area contributed by atoms with E-state index in [2.05, 4.69) is 21.2 Å². The molecule has 1 aromatic rings. The van der Waals surface area contributed by atoms with Crippen molar-refractivity contribution >= 4 is 27.5 Å². The molecule has 7 heteroatoms. The van der Waals surface area contributed by atoms with Crippen LogP contribution in [0.1, 0.15) is 12.5 Å². The molecule has 0 aromatic heterocycles. The molecule has 1 heterocycles. The summed E-state index contributed by atoms with van der Waals surface area (Å²) in [6.45, 7) is 3.38. The first-order valence-corrected chi connectivity index (χ1v) is 7.39. The van der Waals surface area contributed by atoms with Crippen LogP contribution in [0.5, 0.6) is 0 Å². The maximum Gasteiger partial charge on any atom is 0.245 e. The summed E-state index contributed by atoms with van der Waals surface area (Å²) in [6, 6.07) is 4.39. The van der Waals surface area contributed by atoms with Crippen molar-refractivity contribution < 1.29 is 13.9 Å². The monoisotopic (exact) mass is 355 g/mol. The smallest absolute Gasteiger partial charge is 0.245 e. The molecule has 0 bridgehead atoms. The quantitative estimate of drug-likeness (QED) is 0.897. The summed E-state index contributed by atoms with van der Waals surface area (Å²) in [4.78, 5) is 13.8. The maximum atomic E-state index is 14.4. The fourth-order valence-corrected chi connectivity index (χ4v) is 2.67. The van der Waals surface area contributed by atoms with Crippen molar-refractivity contribution in [1.29, 1.82) is 5.26 Å². The van der Waals surface area contributed by atoms with Crippen LogP contribution in [0.4, 0.5) is 10.1 Å². The molecular formula is C14H15BrFN3O2. The zero-order chi connectivity index (χ0) is 15.4. The SMILES string of the molecule is CCNC(=O)C1COCCN1c1ccc(C#N)c(Br)c1F. The fraction of sp³-hybridized carbons (Fsp3) is 0.429. The van der Waals surface area contributed by atoms with Crippen molar-refractivity contribution in [2.45, 2.75) is 13.0 Å². The highest BCUT2D eigenvalue weighted by molar-refractivity contribution is 9.10. The minimum absolute atomic E-state index is 0.114. The molecule has 21 heavy (non-hydrogen) atoms. The number of hydrogen-bond donors (Lipinski definition) is 1. The van der Waals surface area contributed by atoms with Crippen LogP contribution in [0.2, 0.25) is 0 Å². The zero-order valence-electron chi connectivity index (χ0n) is 11.5. The summed E-state index contributed by atoms with van der Waals surface area (Å²) >= 11 is 3.09. The van der Waals surface area contributed by atoms with Gasteiger partial charge in [-0.2, -0.15) is 5.26 Å². The summed E-state index contributed by atoms with van der Waals surface area (Å²) in [7, 11) is 0. The Morgan fingerprint density at radius 3 is 3.10 bits per heavy atom. The molecule has 1 aromatic carbocycles. The van der Waals surface area contributed by atoms with E-state index in [9.17, 15) is 9.18 Å². The number of carbonyl (C=O) groups is 1. The first-order valence-electron chi connectivity index (χ1n) is 6.60. The number of ether oxygens (including phenoxy) is 1. The van der Waals surface area contributed by atoms with E-state index in [1.165, 1.54) is 12.1 Å². The molecule has 0 radical (unpaired) electrons. The van der Waals surface area contributed by atoms with E-state index in [1.54, 1.807) is 4.90 Å². The lowest BCUT2D eigenvalue weighted by molar-refractivity contribution is -0.124. The Morgan fingerprint density at radius 1 is 1.67 bits per heavy atom. The highest BCUT2D eigenvalue weighted by atomic mass is 79.9. The number of anilines is 1. The summed E-state index contributed by atoms with van der Waals surface area (Å²) in [5, 5.41) is 11.6. The van der Waals surface area contributed by atoms with Crippen LogP contribution in [0.3, 0.4) is 0 Å². The predicted octanol–water partition coefficient (Wildman–Crippen LogP) is 1.80. The highest BCUT2D eigenvalue weighted by Gasteiger charge is 2.31. The Labute approximate surface area is 130 Å². The number of nitrogens with one attached hydrogen (secondary N) is 1. The Kier molecular flexibility index (Phi) is 5.15. The Balaban J connectivity index is 2.36. The van der Waals surface area contributed by atoms with Crippen LogP contribution < -0.4 is 10.2 Å². The number of morpholine rings is 1. The predicted molar refractivity (Wildman–Crippen MR) is 79.5 cm³/mol. The molecule has 0 spiro atoms. The van der Waals surface area contributed by atoms with Crippen LogP contribution in [-0.2, 0) is 9.53 Å². The largest absolute Gasteiger partial charge is 0.377 e. The van der Waals surface area contributed by atoms with E-state index in [0.29, 0.717) is 25.4 Å². The molecular weight excluding hydrogens is 341 g/mol. The van der Waals surface area contributed by atoms with Crippen LogP contribution in [0.15, 0.2) is 16.6 Å².